The lowest BCUT2D eigenvalue weighted by molar-refractivity contribution is 0.102. The Morgan fingerprint density at radius 3 is 2.41 bits per heavy atom. The molecule has 0 fully saturated rings. The zero-order valence-electron chi connectivity index (χ0n) is 14.5. The molecule has 0 saturated carbocycles. The summed E-state index contributed by atoms with van der Waals surface area (Å²) in [5.74, 6) is -1.65. The fourth-order valence-corrected chi connectivity index (χ4v) is 2.67. The number of carbonyl (C=O) groups is 1. The maximum Gasteiger partial charge on any atom is 0.274 e. The van der Waals surface area contributed by atoms with Crippen LogP contribution in [0.25, 0.3) is 0 Å². The molecule has 0 aliphatic carbocycles. The molecular weight excluding hydrogens is 374 g/mol. The van der Waals surface area contributed by atoms with Crippen molar-refractivity contribution in [2.75, 3.05) is 10.6 Å². The van der Waals surface area contributed by atoms with Crippen molar-refractivity contribution in [3.8, 4) is 0 Å². The summed E-state index contributed by atoms with van der Waals surface area (Å²) in [4.78, 5) is 20.7. The number of aromatic nitrogens is 2. The third-order valence-electron chi connectivity index (χ3n) is 3.72. The van der Waals surface area contributed by atoms with Crippen LogP contribution in [0.1, 0.15) is 21.9 Å². The second-order valence-corrected chi connectivity index (χ2v) is 6.26. The summed E-state index contributed by atoms with van der Waals surface area (Å²) in [5, 5.41) is 5.85. The van der Waals surface area contributed by atoms with E-state index in [-0.39, 0.29) is 23.0 Å². The van der Waals surface area contributed by atoms with E-state index < -0.39 is 17.5 Å². The highest BCUT2D eigenvalue weighted by Crippen LogP contribution is 2.23. The SMILES string of the molecule is Cc1nc(Nc2c(F)cccc2F)cc(C(=O)Nc2ccc(Cl)cc2C)n1. The molecule has 0 saturated heterocycles. The second kappa shape index (κ2) is 7.67. The first-order valence-corrected chi connectivity index (χ1v) is 8.35. The molecule has 138 valence electrons. The maximum absolute atomic E-state index is 13.8. The number of anilines is 3. The molecule has 0 radical (unpaired) electrons. The van der Waals surface area contributed by atoms with Gasteiger partial charge in [-0.2, -0.15) is 0 Å². The van der Waals surface area contributed by atoms with Gasteiger partial charge in [-0.1, -0.05) is 17.7 Å². The first-order chi connectivity index (χ1) is 12.8. The number of nitrogens with zero attached hydrogens (tertiary/aromatic N) is 2. The van der Waals surface area contributed by atoms with Crippen molar-refractivity contribution < 1.29 is 13.6 Å². The Balaban J connectivity index is 1.87. The molecule has 3 rings (SSSR count). The molecular formula is C19H15ClF2N4O. The predicted molar refractivity (Wildman–Crippen MR) is 101 cm³/mol. The lowest BCUT2D eigenvalue weighted by Crippen LogP contribution is -2.16. The number of rotatable bonds is 4. The van der Waals surface area contributed by atoms with Crippen molar-refractivity contribution in [2.45, 2.75) is 13.8 Å². The van der Waals surface area contributed by atoms with Crippen LogP contribution in [0.15, 0.2) is 42.5 Å². The van der Waals surface area contributed by atoms with E-state index in [9.17, 15) is 13.6 Å². The van der Waals surface area contributed by atoms with Crippen molar-refractivity contribution in [2.24, 2.45) is 0 Å². The van der Waals surface area contributed by atoms with Gasteiger partial charge < -0.3 is 10.6 Å². The zero-order valence-corrected chi connectivity index (χ0v) is 15.2. The van der Waals surface area contributed by atoms with E-state index in [1.54, 1.807) is 32.0 Å². The number of para-hydroxylation sites is 1. The first-order valence-electron chi connectivity index (χ1n) is 7.97. The molecule has 0 aliphatic rings. The largest absolute Gasteiger partial charge is 0.335 e. The van der Waals surface area contributed by atoms with Crippen LogP contribution in [0, 0.1) is 25.5 Å². The van der Waals surface area contributed by atoms with E-state index in [4.69, 9.17) is 11.6 Å². The predicted octanol–water partition coefficient (Wildman–Crippen LogP) is 5.02. The third kappa shape index (κ3) is 4.38. The summed E-state index contributed by atoms with van der Waals surface area (Å²) in [6.45, 7) is 3.38. The Hall–Kier alpha value is -3.06. The summed E-state index contributed by atoms with van der Waals surface area (Å²) >= 11 is 5.91. The van der Waals surface area contributed by atoms with Gasteiger partial charge >= 0.3 is 0 Å². The number of hydrogen-bond donors (Lipinski definition) is 2. The molecule has 0 atom stereocenters. The minimum Gasteiger partial charge on any atom is -0.335 e. The molecule has 5 nitrogen and oxygen atoms in total. The van der Waals surface area contributed by atoms with Crippen LogP contribution < -0.4 is 10.6 Å². The van der Waals surface area contributed by atoms with Gasteiger partial charge in [-0.25, -0.2) is 18.7 Å². The van der Waals surface area contributed by atoms with Crippen molar-refractivity contribution in [3.05, 3.63) is 76.2 Å². The summed E-state index contributed by atoms with van der Waals surface area (Å²) in [7, 11) is 0. The van der Waals surface area contributed by atoms with Gasteiger partial charge in [0, 0.05) is 16.8 Å². The molecule has 1 aromatic heterocycles. The van der Waals surface area contributed by atoms with Crippen LogP contribution >= 0.6 is 11.6 Å². The lowest BCUT2D eigenvalue weighted by atomic mass is 10.2. The van der Waals surface area contributed by atoms with Gasteiger partial charge in [0.2, 0.25) is 0 Å². The monoisotopic (exact) mass is 388 g/mol. The minimum atomic E-state index is -0.769. The van der Waals surface area contributed by atoms with Crippen LogP contribution in [-0.4, -0.2) is 15.9 Å². The fourth-order valence-electron chi connectivity index (χ4n) is 2.45. The third-order valence-corrected chi connectivity index (χ3v) is 3.96. The molecule has 2 N–H and O–H groups in total. The van der Waals surface area contributed by atoms with Gasteiger partial charge in [0.25, 0.3) is 5.91 Å². The highest BCUT2D eigenvalue weighted by atomic mass is 35.5. The average Bonchev–Trinajstić information content (AvgIpc) is 2.60. The highest BCUT2D eigenvalue weighted by Gasteiger charge is 2.14. The van der Waals surface area contributed by atoms with Crippen molar-refractivity contribution in [1.82, 2.24) is 9.97 Å². The van der Waals surface area contributed by atoms with Gasteiger partial charge in [0.15, 0.2) is 0 Å². The molecule has 8 heteroatoms. The Bertz CT molecular complexity index is 1010. The number of aryl methyl sites for hydroxylation is 2. The fraction of sp³-hybridized carbons (Fsp3) is 0.105. The molecule has 1 amide bonds. The first kappa shape index (κ1) is 18.7. The van der Waals surface area contributed by atoms with E-state index in [1.165, 1.54) is 12.1 Å². The van der Waals surface area contributed by atoms with E-state index in [0.717, 1.165) is 17.7 Å². The topological polar surface area (TPSA) is 66.9 Å². The molecule has 27 heavy (non-hydrogen) atoms. The maximum atomic E-state index is 13.8. The molecule has 1 heterocycles. The minimum absolute atomic E-state index is 0.0519. The number of hydrogen-bond acceptors (Lipinski definition) is 4. The Morgan fingerprint density at radius 2 is 1.74 bits per heavy atom. The lowest BCUT2D eigenvalue weighted by Gasteiger charge is -2.11. The van der Waals surface area contributed by atoms with Crippen molar-refractivity contribution in [3.63, 3.8) is 0 Å². The van der Waals surface area contributed by atoms with Crippen LogP contribution in [0.3, 0.4) is 0 Å². The van der Waals surface area contributed by atoms with Crippen molar-refractivity contribution in [1.29, 1.82) is 0 Å². The standard InChI is InChI=1S/C19H15ClF2N4O/c1-10-8-12(20)6-7-15(10)25-19(27)16-9-17(24-11(2)23-16)26-18-13(21)4-3-5-14(18)22/h3-9H,1-2H3,(H,25,27)(H,23,24,26). The quantitative estimate of drug-likeness (QED) is 0.658. The molecule has 2 aromatic carbocycles. The zero-order chi connectivity index (χ0) is 19.6. The van der Waals surface area contributed by atoms with Crippen LogP contribution in [0.5, 0.6) is 0 Å². The molecule has 0 bridgehead atoms. The van der Waals surface area contributed by atoms with E-state index in [0.29, 0.717) is 10.7 Å². The van der Waals surface area contributed by atoms with E-state index >= 15 is 0 Å². The highest BCUT2D eigenvalue weighted by molar-refractivity contribution is 6.30. The molecule has 3 aromatic rings. The average molecular weight is 389 g/mol. The Kier molecular flexibility index (Phi) is 5.32. The number of benzene rings is 2. The number of halogens is 3. The second-order valence-electron chi connectivity index (χ2n) is 5.82. The van der Waals surface area contributed by atoms with Gasteiger partial charge in [-0.3, -0.25) is 4.79 Å². The number of nitrogens with one attached hydrogen (secondary N) is 2. The summed E-state index contributed by atoms with van der Waals surface area (Å²) in [6, 6.07) is 9.87. The van der Waals surface area contributed by atoms with Gasteiger partial charge in [0.1, 0.15) is 34.7 Å². The van der Waals surface area contributed by atoms with Crippen molar-refractivity contribution >= 4 is 34.7 Å². The molecule has 0 spiro atoms. The van der Waals surface area contributed by atoms with Crippen LogP contribution in [0.2, 0.25) is 5.02 Å². The van der Waals surface area contributed by atoms with Gasteiger partial charge in [0.05, 0.1) is 0 Å². The summed E-state index contributed by atoms with van der Waals surface area (Å²) in [6.07, 6.45) is 0. The Labute approximate surface area is 159 Å². The van der Waals surface area contributed by atoms with E-state index in [1.807, 2.05) is 0 Å². The molecule has 0 unspecified atom stereocenters. The normalized spacial score (nSPS) is 10.6. The number of amides is 1. The van der Waals surface area contributed by atoms with E-state index in [2.05, 4.69) is 20.6 Å². The smallest absolute Gasteiger partial charge is 0.274 e. The number of carbonyl (C=O) groups excluding carboxylic acids is 1. The summed E-state index contributed by atoms with van der Waals surface area (Å²) < 4.78 is 27.6. The van der Waals surface area contributed by atoms with Crippen LogP contribution in [-0.2, 0) is 0 Å². The molecule has 0 aliphatic heterocycles. The summed E-state index contributed by atoms with van der Waals surface area (Å²) in [5.41, 5.74) is 1.07. The van der Waals surface area contributed by atoms with Gasteiger partial charge in [-0.05, 0) is 49.7 Å². The van der Waals surface area contributed by atoms with Crippen LogP contribution in [0.4, 0.5) is 26.0 Å². The Morgan fingerprint density at radius 1 is 1.04 bits per heavy atom. The van der Waals surface area contributed by atoms with Gasteiger partial charge in [-0.15, -0.1) is 0 Å².